The summed E-state index contributed by atoms with van der Waals surface area (Å²) in [6.07, 6.45) is 0.342. The molecule has 0 amide bonds. The van der Waals surface area contributed by atoms with Crippen LogP contribution in [0.5, 0.6) is 0 Å². The van der Waals surface area contributed by atoms with Gasteiger partial charge in [-0.05, 0) is 25.5 Å². The van der Waals surface area contributed by atoms with Crippen LogP contribution < -0.4 is 5.14 Å². The van der Waals surface area contributed by atoms with Crippen molar-refractivity contribution in [2.45, 2.75) is 31.3 Å². The molecule has 0 aliphatic carbocycles. The van der Waals surface area contributed by atoms with E-state index in [0.717, 1.165) is 6.07 Å². The second-order valence-electron chi connectivity index (χ2n) is 3.94. The molecule has 8 heteroatoms. The minimum absolute atomic E-state index is 0.0151. The zero-order chi connectivity index (χ0) is 14.8. The fraction of sp³-hybridized carbons (Fsp3) is 0.364. The van der Waals surface area contributed by atoms with Gasteiger partial charge in [-0.15, -0.1) is 0 Å². The van der Waals surface area contributed by atoms with Crippen molar-refractivity contribution in [3.05, 3.63) is 27.7 Å². The van der Waals surface area contributed by atoms with Crippen molar-refractivity contribution in [2.24, 2.45) is 5.14 Å². The van der Waals surface area contributed by atoms with Crippen molar-refractivity contribution in [2.75, 3.05) is 0 Å². The largest absolute Gasteiger partial charge is 0.459 e. The van der Waals surface area contributed by atoms with Gasteiger partial charge in [0.25, 0.3) is 0 Å². The Morgan fingerprint density at radius 2 is 2.00 bits per heavy atom. The zero-order valence-electron chi connectivity index (χ0n) is 10.3. The molecule has 5 nitrogen and oxygen atoms in total. The Labute approximate surface area is 121 Å². The summed E-state index contributed by atoms with van der Waals surface area (Å²) >= 11 is 11.5. The summed E-state index contributed by atoms with van der Waals surface area (Å²) in [5, 5.41) is 4.70. The van der Waals surface area contributed by atoms with Gasteiger partial charge in [0.15, 0.2) is 0 Å². The molecule has 0 radical (unpaired) electrons. The van der Waals surface area contributed by atoms with Crippen LogP contribution in [0.1, 0.15) is 30.6 Å². The van der Waals surface area contributed by atoms with Crippen LogP contribution >= 0.6 is 23.2 Å². The van der Waals surface area contributed by atoms with Gasteiger partial charge in [-0.2, -0.15) is 0 Å². The molecule has 0 aliphatic rings. The second-order valence-corrected chi connectivity index (χ2v) is 6.25. The molecule has 1 unspecified atom stereocenters. The van der Waals surface area contributed by atoms with E-state index >= 15 is 0 Å². The van der Waals surface area contributed by atoms with E-state index in [9.17, 15) is 13.2 Å². The molecule has 0 saturated carbocycles. The molecular weight excluding hydrogens is 313 g/mol. The number of sulfonamides is 1. The van der Waals surface area contributed by atoms with Gasteiger partial charge in [0.2, 0.25) is 10.0 Å². The fourth-order valence-electron chi connectivity index (χ4n) is 1.22. The number of carbonyl (C=O) groups excluding carboxylic acids is 1. The molecule has 0 aromatic heterocycles. The molecule has 0 saturated heterocycles. The van der Waals surface area contributed by atoms with Crippen LogP contribution in [0.2, 0.25) is 10.0 Å². The molecule has 0 heterocycles. The topological polar surface area (TPSA) is 86.5 Å². The van der Waals surface area contributed by atoms with E-state index in [4.69, 9.17) is 33.1 Å². The van der Waals surface area contributed by atoms with E-state index in [1.54, 1.807) is 6.92 Å². The number of carbonyl (C=O) groups is 1. The number of benzene rings is 1. The van der Waals surface area contributed by atoms with Gasteiger partial charge in [-0.25, -0.2) is 18.4 Å². The Morgan fingerprint density at radius 3 is 2.47 bits per heavy atom. The number of hydrogen-bond donors (Lipinski definition) is 1. The van der Waals surface area contributed by atoms with Crippen LogP contribution in [0, 0.1) is 0 Å². The molecule has 2 N–H and O–H groups in total. The van der Waals surface area contributed by atoms with Crippen molar-refractivity contribution < 1.29 is 17.9 Å². The highest BCUT2D eigenvalue weighted by Crippen LogP contribution is 2.30. The highest BCUT2D eigenvalue weighted by Gasteiger charge is 2.21. The van der Waals surface area contributed by atoms with Gasteiger partial charge in [-0.3, -0.25) is 0 Å². The smallest absolute Gasteiger partial charge is 0.338 e. The van der Waals surface area contributed by atoms with E-state index < -0.39 is 20.9 Å². The van der Waals surface area contributed by atoms with E-state index in [2.05, 4.69) is 0 Å². The maximum atomic E-state index is 11.8. The summed E-state index contributed by atoms with van der Waals surface area (Å²) in [4.78, 5) is 11.4. The third-order valence-corrected chi connectivity index (χ3v) is 4.27. The van der Waals surface area contributed by atoms with E-state index in [1.165, 1.54) is 6.07 Å². The molecule has 19 heavy (non-hydrogen) atoms. The lowest BCUT2D eigenvalue weighted by molar-refractivity contribution is 0.0334. The zero-order valence-corrected chi connectivity index (χ0v) is 12.6. The lowest BCUT2D eigenvalue weighted by Crippen LogP contribution is -2.17. The Balaban J connectivity index is 3.25. The van der Waals surface area contributed by atoms with Gasteiger partial charge in [0.1, 0.15) is 4.90 Å². The van der Waals surface area contributed by atoms with E-state index in [1.807, 2.05) is 6.92 Å². The van der Waals surface area contributed by atoms with Crippen molar-refractivity contribution in [3.8, 4) is 0 Å². The quantitative estimate of drug-likeness (QED) is 0.862. The third kappa shape index (κ3) is 4.07. The summed E-state index contributed by atoms with van der Waals surface area (Å²) in [5.74, 6) is -0.683. The number of halogens is 2. The molecule has 0 spiro atoms. The number of hydrogen-bond acceptors (Lipinski definition) is 4. The average molecular weight is 326 g/mol. The van der Waals surface area contributed by atoms with Gasteiger partial charge in [-0.1, -0.05) is 30.1 Å². The monoisotopic (exact) mass is 325 g/mol. The first-order valence-electron chi connectivity index (χ1n) is 5.39. The number of primary sulfonamides is 1. The van der Waals surface area contributed by atoms with Crippen LogP contribution in [0.4, 0.5) is 0 Å². The Morgan fingerprint density at radius 1 is 1.42 bits per heavy atom. The van der Waals surface area contributed by atoms with E-state index in [-0.39, 0.29) is 21.7 Å². The van der Waals surface area contributed by atoms with Crippen LogP contribution in [0.15, 0.2) is 17.0 Å². The molecule has 0 fully saturated rings. The Kier molecular flexibility index (Phi) is 5.20. The molecule has 106 valence electrons. The van der Waals surface area contributed by atoms with Crippen LogP contribution in [-0.2, 0) is 14.8 Å². The summed E-state index contributed by atoms with van der Waals surface area (Å²) in [6.45, 7) is 3.57. The van der Waals surface area contributed by atoms with Crippen LogP contribution in [0.3, 0.4) is 0 Å². The minimum atomic E-state index is -4.07. The fourth-order valence-corrected chi connectivity index (χ4v) is 2.58. The maximum Gasteiger partial charge on any atom is 0.338 e. The number of nitrogens with two attached hydrogens (primary N) is 1. The van der Waals surface area contributed by atoms with Crippen molar-refractivity contribution in [3.63, 3.8) is 0 Å². The lowest BCUT2D eigenvalue weighted by atomic mass is 10.2. The standard InChI is InChI=1S/C11H13Cl2NO4S/c1-3-6(2)18-11(15)7-4-8(12)10(13)9(5-7)19(14,16)17/h4-6H,3H2,1-2H3,(H2,14,16,17). The number of ether oxygens (including phenoxy) is 1. The number of esters is 1. The first-order chi connectivity index (χ1) is 8.66. The number of rotatable bonds is 4. The highest BCUT2D eigenvalue weighted by atomic mass is 35.5. The molecule has 1 aromatic rings. The molecule has 0 aliphatic heterocycles. The average Bonchev–Trinajstić information content (AvgIpc) is 2.30. The first kappa shape index (κ1) is 16.2. The molecule has 1 atom stereocenters. The van der Waals surface area contributed by atoms with Crippen molar-refractivity contribution in [1.29, 1.82) is 0 Å². The van der Waals surface area contributed by atoms with Crippen molar-refractivity contribution in [1.82, 2.24) is 0 Å². The summed E-state index contributed by atoms with van der Waals surface area (Å²) < 4.78 is 27.8. The third-order valence-electron chi connectivity index (χ3n) is 2.42. The van der Waals surface area contributed by atoms with Crippen LogP contribution in [0.25, 0.3) is 0 Å². The highest BCUT2D eigenvalue weighted by molar-refractivity contribution is 7.89. The summed E-state index contributed by atoms with van der Waals surface area (Å²) in [5.41, 5.74) is -0.0151. The lowest BCUT2D eigenvalue weighted by Gasteiger charge is -2.12. The Hall–Kier alpha value is -0.820. The van der Waals surface area contributed by atoms with Gasteiger partial charge < -0.3 is 4.74 Å². The van der Waals surface area contributed by atoms with Crippen LogP contribution in [-0.4, -0.2) is 20.5 Å². The Bertz CT molecular complexity index is 601. The molecule has 0 bridgehead atoms. The molecular formula is C11H13Cl2NO4S. The predicted octanol–water partition coefficient (Wildman–Crippen LogP) is 2.60. The maximum absolute atomic E-state index is 11.8. The minimum Gasteiger partial charge on any atom is -0.459 e. The summed E-state index contributed by atoms with van der Waals surface area (Å²) in [6, 6.07) is 2.29. The van der Waals surface area contributed by atoms with E-state index in [0.29, 0.717) is 6.42 Å². The molecule has 1 aromatic carbocycles. The van der Waals surface area contributed by atoms with Gasteiger partial charge >= 0.3 is 5.97 Å². The first-order valence-corrected chi connectivity index (χ1v) is 7.69. The van der Waals surface area contributed by atoms with Crippen molar-refractivity contribution >= 4 is 39.2 Å². The normalized spacial score (nSPS) is 13.1. The summed E-state index contributed by atoms with van der Waals surface area (Å²) in [7, 11) is -4.07. The molecule has 1 rings (SSSR count). The van der Waals surface area contributed by atoms with Gasteiger partial charge in [0.05, 0.1) is 21.7 Å². The second kappa shape index (κ2) is 6.09. The SMILES string of the molecule is CCC(C)OC(=O)c1cc(Cl)c(Cl)c(S(N)(=O)=O)c1. The predicted molar refractivity (Wildman–Crippen MR) is 73.0 cm³/mol. The van der Waals surface area contributed by atoms with Gasteiger partial charge in [0, 0.05) is 0 Å².